The van der Waals surface area contributed by atoms with E-state index in [9.17, 15) is 4.79 Å². The van der Waals surface area contributed by atoms with Crippen molar-refractivity contribution >= 4 is 51.7 Å². The van der Waals surface area contributed by atoms with E-state index >= 15 is 0 Å². The first kappa shape index (κ1) is 24.2. The van der Waals surface area contributed by atoms with Gasteiger partial charge >= 0.3 is 0 Å². The molecule has 0 bridgehead atoms. The number of benzene rings is 1. The highest BCUT2D eigenvalue weighted by Gasteiger charge is 2.24. The van der Waals surface area contributed by atoms with Gasteiger partial charge in [-0.2, -0.15) is 9.97 Å². The van der Waals surface area contributed by atoms with Crippen molar-refractivity contribution < 1.29 is 4.79 Å². The summed E-state index contributed by atoms with van der Waals surface area (Å²) in [5.41, 5.74) is 2.77. The summed E-state index contributed by atoms with van der Waals surface area (Å²) in [6.07, 6.45) is 3.54. The lowest BCUT2D eigenvalue weighted by atomic mass is 10.1. The molecule has 2 saturated heterocycles. The Morgan fingerprint density at radius 1 is 1.14 bits per heavy atom. The summed E-state index contributed by atoms with van der Waals surface area (Å²) >= 11 is 6.47. The molecule has 4 heterocycles. The molecule has 2 aliphatic rings. The second-order valence-electron chi connectivity index (χ2n) is 9.33. The fourth-order valence-corrected chi connectivity index (χ4v) is 5.00. The number of hydrogen-bond donors (Lipinski definition) is 3. The number of piperidine rings is 1. The molecule has 10 heteroatoms. The standard InChI is InChI=1S/C26H31ClN8O/c1-3-5-22(36)35-11-4-6-19(17-35)29-25-23-21(27)16-28-24(23)31-26(32-25)30-18-7-9-20(10-8-18)34-14-12-33(2)13-15-34/h7-10,16,19H,4,6,11-15,17H2,1-2H3,(H3,28,29,30,31,32). The van der Waals surface area contributed by atoms with Crippen molar-refractivity contribution in [2.75, 3.05) is 61.8 Å². The molecular weight excluding hydrogens is 476 g/mol. The number of carbonyl (C=O) groups excluding carboxylic acids is 1. The zero-order valence-electron chi connectivity index (χ0n) is 20.6. The third-order valence-electron chi connectivity index (χ3n) is 6.76. The average Bonchev–Trinajstić information content (AvgIpc) is 3.26. The number of aromatic amines is 1. The summed E-state index contributed by atoms with van der Waals surface area (Å²) in [7, 11) is 2.16. The number of carbonyl (C=O) groups is 1. The van der Waals surface area contributed by atoms with Gasteiger partial charge in [0.2, 0.25) is 5.95 Å². The first-order valence-electron chi connectivity index (χ1n) is 12.3. The number of nitrogens with zero attached hydrogens (tertiary/aromatic N) is 5. The van der Waals surface area contributed by atoms with Gasteiger partial charge in [-0.05, 0) is 57.0 Å². The molecule has 1 aromatic carbocycles. The Labute approximate surface area is 216 Å². The molecule has 2 aromatic heterocycles. The molecule has 2 aliphatic heterocycles. The second kappa shape index (κ2) is 10.6. The molecule has 1 amide bonds. The van der Waals surface area contributed by atoms with E-state index in [-0.39, 0.29) is 11.9 Å². The number of nitrogens with one attached hydrogen (secondary N) is 3. The van der Waals surface area contributed by atoms with Crippen LogP contribution < -0.4 is 15.5 Å². The molecule has 3 aromatic rings. The van der Waals surface area contributed by atoms with E-state index in [2.05, 4.69) is 73.6 Å². The largest absolute Gasteiger partial charge is 0.369 e. The molecule has 5 rings (SSSR count). The van der Waals surface area contributed by atoms with E-state index in [0.29, 0.717) is 35.5 Å². The lowest BCUT2D eigenvalue weighted by Crippen LogP contribution is -2.44. The highest BCUT2D eigenvalue weighted by molar-refractivity contribution is 6.36. The fraction of sp³-hybridized carbons (Fsp3) is 0.423. The minimum Gasteiger partial charge on any atom is -0.369 e. The van der Waals surface area contributed by atoms with E-state index in [1.165, 1.54) is 5.69 Å². The molecule has 36 heavy (non-hydrogen) atoms. The van der Waals surface area contributed by atoms with Gasteiger partial charge in [0, 0.05) is 62.9 Å². The third kappa shape index (κ3) is 5.35. The third-order valence-corrected chi connectivity index (χ3v) is 7.05. The fourth-order valence-electron chi connectivity index (χ4n) is 4.76. The number of likely N-dealkylation sites (N-methyl/N-ethyl adjacent to an activating group) is 1. The van der Waals surface area contributed by atoms with Crippen LogP contribution in [0.5, 0.6) is 0 Å². The highest BCUT2D eigenvalue weighted by atomic mass is 35.5. The predicted octanol–water partition coefficient (Wildman–Crippen LogP) is 3.53. The molecule has 3 N–H and O–H groups in total. The lowest BCUT2D eigenvalue weighted by Gasteiger charge is -2.34. The zero-order chi connectivity index (χ0) is 25.1. The van der Waals surface area contributed by atoms with Crippen molar-refractivity contribution in [1.29, 1.82) is 0 Å². The van der Waals surface area contributed by atoms with Gasteiger partial charge in [0.15, 0.2) is 0 Å². The van der Waals surface area contributed by atoms with Gasteiger partial charge in [0.25, 0.3) is 5.91 Å². The second-order valence-corrected chi connectivity index (χ2v) is 9.74. The van der Waals surface area contributed by atoms with Crippen molar-refractivity contribution in [1.82, 2.24) is 24.8 Å². The van der Waals surface area contributed by atoms with Crippen LogP contribution in [0.4, 0.5) is 23.1 Å². The molecule has 2 fully saturated rings. The van der Waals surface area contributed by atoms with E-state index in [1.54, 1.807) is 18.0 Å². The number of anilines is 4. The maximum Gasteiger partial charge on any atom is 0.298 e. The minimum absolute atomic E-state index is 0.0427. The first-order chi connectivity index (χ1) is 17.5. The number of rotatable bonds is 5. The van der Waals surface area contributed by atoms with Crippen LogP contribution in [0.3, 0.4) is 0 Å². The van der Waals surface area contributed by atoms with Gasteiger partial charge in [-0.1, -0.05) is 17.5 Å². The summed E-state index contributed by atoms with van der Waals surface area (Å²) < 4.78 is 0. The maximum atomic E-state index is 12.3. The van der Waals surface area contributed by atoms with E-state index in [0.717, 1.165) is 50.1 Å². The number of piperazine rings is 1. The summed E-state index contributed by atoms with van der Waals surface area (Å²) in [6, 6.07) is 8.40. The highest BCUT2D eigenvalue weighted by Crippen LogP contribution is 2.31. The average molecular weight is 507 g/mol. The molecule has 1 atom stereocenters. The van der Waals surface area contributed by atoms with Crippen LogP contribution in [0.25, 0.3) is 11.0 Å². The van der Waals surface area contributed by atoms with Gasteiger partial charge in [0.05, 0.1) is 10.4 Å². The smallest absolute Gasteiger partial charge is 0.298 e. The monoisotopic (exact) mass is 506 g/mol. The molecule has 9 nitrogen and oxygen atoms in total. The number of amides is 1. The Morgan fingerprint density at radius 3 is 2.67 bits per heavy atom. The van der Waals surface area contributed by atoms with Crippen molar-refractivity contribution in [2.24, 2.45) is 0 Å². The van der Waals surface area contributed by atoms with Crippen LogP contribution in [0.15, 0.2) is 30.5 Å². The molecule has 0 radical (unpaired) electrons. The Morgan fingerprint density at radius 2 is 1.92 bits per heavy atom. The molecule has 1 unspecified atom stereocenters. The normalized spacial score (nSPS) is 18.6. The molecule has 0 spiro atoms. The van der Waals surface area contributed by atoms with Crippen molar-refractivity contribution in [3.8, 4) is 11.8 Å². The Bertz CT molecular complexity index is 1290. The number of aromatic nitrogens is 3. The van der Waals surface area contributed by atoms with Crippen LogP contribution >= 0.6 is 11.6 Å². The zero-order valence-corrected chi connectivity index (χ0v) is 21.4. The van der Waals surface area contributed by atoms with Crippen LogP contribution in [-0.2, 0) is 4.79 Å². The number of fused-ring (bicyclic) bond motifs is 1. The van der Waals surface area contributed by atoms with E-state index in [1.807, 2.05) is 0 Å². The van der Waals surface area contributed by atoms with E-state index in [4.69, 9.17) is 16.6 Å². The van der Waals surface area contributed by atoms with Gasteiger partial charge < -0.3 is 30.3 Å². The Balaban J connectivity index is 1.33. The molecule has 0 saturated carbocycles. The summed E-state index contributed by atoms with van der Waals surface area (Å²) in [6.45, 7) is 7.16. The summed E-state index contributed by atoms with van der Waals surface area (Å²) in [4.78, 5) is 31.3. The predicted molar refractivity (Wildman–Crippen MR) is 145 cm³/mol. The van der Waals surface area contributed by atoms with Crippen LogP contribution in [0.1, 0.15) is 19.8 Å². The number of likely N-dealkylation sites (tertiary alicyclic amines) is 1. The van der Waals surface area contributed by atoms with Crippen molar-refractivity contribution in [3.05, 3.63) is 35.5 Å². The van der Waals surface area contributed by atoms with E-state index < -0.39 is 0 Å². The maximum absolute atomic E-state index is 12.3. The minimum atomic E-state index is -0.140. The topological polar surface area (TPSA) is 92.4 Å². The number of halogens is 1. The van der Waals surface area contributed by atoms with Gasteiger partial charge in [0.1, 0.15) is 11.5 Å². The SMILES string of the molecule is CC#CC(=O)N1CCCC(Nc2nc(Nc3ccc(N4CCN(C)CC4)cc3)nc3[nH]cc(Cl)c23)C1. The van der Waals surface area contributed by atoms with Crippen LogP contribution in [-0.4, -0.2) is 83.0 Å². The van der Waals surface area contributed by atoms with Crippen molar-refractivity contribution in [3.63, 3.8) is 0 Å². The first-order valence-corrected chi connectivity index (χ1v) is 12.7. The van der Waals surface area contributed by atoms with Gasteiger partial charge in [-0.3, -0.25) is 4.79 Å². The van der Waals surface area contributed by atoms with Crippen molar-refractivity contribution in [2.45, 2.75) is 25.8 Å². The number of hydrogen-bond acceptors (Lipinski definition) is 7. The van der Waals surface area contributed by atoms with Gasteiger partial charge in [-0.15, -0.1) is 0 Å². The van der Waals surface area contributed by atoms with Crippen LogP contribution in [0, 0.1) is 11.8 Å². The summed E-state index contributed by atoms with van der Waals surface area (Å²) in [5.74, 6) is 6.31. The van der Waals surface area contributed by atoms with Gasteiger partial charge in [-0.25, -0.2) is 0 Å². The van der Waals surface area contributed by atoms with Crippen LogP contribution in [0.2, 0.25) is 5.02 Å². The molecule has 0 aliphatic carbocycles. The summed E-state index contributed by atoms with van der Waals surface area (Å²) in [5, 5.41) is 8.13. The lowest BCUT2D eigenvalue weighted by molar-refractivity contribution is -0.126. The molecule has 188 valence electrons. The quantitative estimate of drug-likeness (QED) is 0.456. The Kier molecular flexibility index (Phi) is 7.16. The molecular formula is C26H31ClN8O. The Hall–Kier alpha value is -3.48. The number of H-pyrrole nitrogens is 1.